The smallest absolute Gasteiger partial charge is 0.191 e. The minimum Gasteiger partial charge on any atom is -0.378 e. The lowest BCUT2D eigenvalue weighted by molar-refractivity contribution is 0.122. The maximum Gasteiger partial charge on any atom is 0.191 e. The van der Waals surface area contributed by atoms with E-state index in [1.165, 1.54) is 0 Å². The van der Waals surface area contributed by atoms with Crippen LogP contribution >= 0.6 is 24.0 Å². The predicted octanol–water partition coefficient (Wildman–Crippen LogP) is 0.973. The fraction of sp³-hybridized carbons (Fsp3) is 0.571. The number of halogens is 1. The molecule has 2 aliphatic rings. The number of aromatic nitrogens is 1. The van der Waals surface area contributed by atoms with Crippen LogP contribution in [-0.4, -0.2) is 49.8 Å². The number of morpholine rings is 1. The lowest BCUT2D eigenvalue weighted by Gasteiger charge is -2.27. The van der Waals surface area contributed by atoms with E-state index in [2.05, 4.69) is 44.6 Å². The summed E-state index contributed by atoms with van der Waals surface area (Å²) in [5.41, 5.74) is 1.16. The zero-order valence-electron chi connectivity index (χ0n) is 12.2. The molecule has 0 bridgehead atoms. The van der Waals surface area contributed by atoms with Gasteiger partial charge in [0.2, 0.25) is 0 Å². The summed E-state index contributed by atoms with van der Waals surface area (Å²) in [6.45, 7) is 7.12. The number of rotatable bonds is 3. The zero-order chi connectivity index (χ0) is 13.8. The first-order valence-electron chi connectivity index (χ1n) is 7.14. The molecule has 3 heterocycles. The van der Waals surface area contributed by atoms with E-state index < -0.39 is 0 Å². The van der Waals surface area contributed by atoms with Crippen LogP contribution in [0.3, 0.4) is 0 Å². The molecule has 7 heteroatoms. The third-order valence-electron chi connectivity index (χ3n) is 3.51. The first-order valence-corrected chi connectivity index (χ1v) is 7.14. The Morgan fingerprint density at radius 1 is 1.38 bits per heavy atom. The van der Waals surface area contributed by atoms with E-state index in [1.807, 2.05) is 6.20 Å². The highest BCUT2D eigenvalue weighted by atomic mass is 127. The van der Waals surface area contributed by atoms with Gasteiger partial charge in [0.25, 0.3) is 0 Å². The van der Waals surface area contributed by atoms with Crippen LogP contribution in [0.4, 0.5) is 5.82 Å². The average Bonchev–Trinajstić information content (AvgIpc) is 2.92. The number of hydrogen-bond donors (Lipinski definition) is 2. The van der Waals surface area contributed by atoms with Gasteiger partial charge < -0.3 is 20.3 Å². The molecule has 0 aromatic carbocycles. The van der Waals surface area contributed by atoms with Gasteiger partial charge in [-0.05, 0) is 18.6 Å². The van der Waals surface area contributed by atoms with Crippen LogP contribution in [0.2, 0.25) is 0 Å². The van der Waals surface area contributed by atoms with Crippen molar-refractivity contribution in [1.29, 1.82) is 0 Å². The molecule has 0 aliphatic carbocycles. The van der Waals surface area contributed by atoms with E-state index in [-0.39, 0.29) is 24.0 Å². The van der Waals surface area contributed by atoms with E-state index in [1.54, 1.807) is 0 Å². The molecule has 21 heavy (non-hydrogen) atoms. The third kappa shape index (κ3) is 4.44. The van der Waals surface area contributed by atoms with Gasteiger partial charge in [-0.3, -0.25) is 4.99 Å². The van der Waals surface area contributed by atoms with E-state index in [9.17, 15) is 0 Å². The Morgan fingerprint density at radius 3 is 2.81 bits per heavy atom. The highest BCUT2D eigenvalue weighted by Gasteiger charge is 2.13. The van der Waals surface area contributed by atoms with Crippen LogP contribution in [-0.2, 0) is 11.3 Å². The van der Waals surface area contributed by atoms with Crippen molar-refractivity contribution >= 4 is 35.8 Å². The molecular weight excluding hydrogens is 381 g/mol. The molecule has 0 radical (unpaired) electrons. The molecule has 1 unspecified atom stereocenters. The van der Waals surface area contributed by atoms with Crippen LogP contribution in [0.25, 0.3) is 0 Å². The fourth-order valence-corrected chi connectivity index (χ4v) is 2.35. The molecule has 2 aliphatic heterocycles. The van der Waals surface area contributed by atoms with Gasteiger partial charge in [-0.25, -0.2) is 4.98 Å². The summed E-state index contributed by atoms with van der Waals surface area (Å²) in [5.74, 6) is 1.91. The highest BCUT2D eigenvalue weighted by Crippen LogP contribution is 2.12. The Morgan fingerprint density at radius 2 is 2.19 bits per heavy atom. The monoisotopic (exact) mass is 403 g/mol. The second-order valence-corrected chi connectivity index (χ2v) is 5.21. The number of ether oxygens (including phenoxy) is 1. The van der Waals surface area contributed by atoms with Gasteiger partial charge in [0.05, 0.1) is 19.8 Å². The van der Waals surface area contributed by atoms with Crippen LogP contribution in [0.1, 0.15) is 12.5 Å². The van der Waals surface area contributed by atoms with Crippen LogP contribution < -0.4 is 15.5 Å². The van der Waals surface area contributed by atoms with Crippen molar-refractivity contribution in [3.63, 3.8) is 0 Å². The Kier molecular flexibility index (Phi) is 6.04. The quantitative estimate of drug-likeness (QED) is 0.737. The number of aliphatic imine (C=N–C) groups is 1. The second kappa shape index (κ2) is 7.79. The minimum atomic E-state index is 0. The normalized spacial score (nSPS) is 21.3. The number of pyridine rings is 1. The highest BCUT2D eigenvalue weighted by molar-refractivity contribution is 14.0. The Bertz CT molecular complexity index is 473. The summed E-state index contributed by atoms with van der Waals surface area (Å²) >= 11 is 0. The predicted molar refractivity (Wildman–Crippen MR) is 94.4 cm³/mol. The molecule has 3 rings (SSSR count). The second-order valence-electron chi connectivity index (χ2n) is 5.21. The van der Waals surface area contributed by atoms with Crippen LogP contribution in [0, 0.1) is 0 Å². The average molecular weight is 403 g/mol. The van der Waals surface area contributed by atoms with Gasteiger partial charge in [0, 0.05) is 31.9 Å². The SMILES string of the molecule is CC1CN=C(NCc2ccc(N3CCOCC3)nc2)N1.I. The minimum absolute atomic E-state index is 0. The third-order valence-corrected chi connectivity index (χ3v) is 3.51. The van der Waals surface area contributed by atoms with Crippen molar-refractivity contribution in [3.8, 4) is 0 Å². The molecule has 0 saturated carbocycles. The fourth-order valence-electron chi connectivity index (χ4n) is 2.35. The molecule has 6 nitrogen and oxygen atoms in total. The van der Waals surface area contributed by atoms with Crippen molar-refractivity contribution in [2.24, 2.45) is 4.99 Å². The van der Waals surface area contributed by atoms with E-state index in [0.29, 0.717) is 6.04 Å². The standard InChI is InChI=1S/C14H21N5O.HI/c1-11-8-16-14(18-11)17-10-12-2-3-13(15-9-12)19-4-6-20-7-5-19;/h2-3,9,11H,4-8,10H2,1H3,(H2,16,17,18);1H. The molecule has 1 saturated heterocycles. The van der Waals surface area contributed by atoms with E-state index >= 15 is 0 Å². The molecule has 0 spiro atoms. The summed E-state index contributed by atoms with van der Waals surface area (Å²) in [6, 6.07) is 4.62. The Labute approximate surface area is 142 Å². The number of nitrogens with one attached hydrogen (secondary N) is 2. The molecule has 2 N–H and O–H groups in total. The summed E-state index contributed by atoms with van der Waals surface area (Å²) in [5, 5.41) is 6.58. The maximum atomic E-state index is 5.35. The van der Waals surface area contributed by atoms with Crippen molar-refractivity contribution in [2.75, 3.05) is 37.7 Å². The molecule has 1 atom stereocenters. The van der Waals surface area contributed by atoms with Gasteiger partial charge in [-0.15, -0.1) is 24.0 Å². The van der Waals surface area contributed by atoms with Gasteiger partial charge in [0.15, 0.2) is 5.96 Å². The summed E-state index contributed by atoms with van der Waals surface area (Å²) in [7, 11) is 0. The van der Waals surface area contributed by atoms with E-state index in [0.717, 1.165) is 56.7 Å². The Hall–Kier alpha value is -1.09. The van der Waals surface area contributed by atoms with Crippen molar-refractivity contribution in [1.82, 2.24) is 15.6 Å². The van der Waals surface area contributed by atoms with Crippen LogP contribution in [0.15, 0.2) is 23.3 Å². The van der Waals surface area contributed by atoms with Crippen molar-refractivity contribution < 1.29 is 4.74 Å². The summed E-state index contributed by atoms with van der Waals surface area (Å²) in [6.07, 6.45) is 1.93. The largest absolute Gasteiger partial charge is 0.378 e. The van der Waals surface area contributed by atoms with Gasteiger partial charge in [0.1, 0.15) is 5.82 Å². The number of nitrogens with zero attached hydrogens (tertiary/aromatic N) is 3. The molecule has 116 valence electrons. The first-order chi connectivity index (χ1) is 9.81. The van der Waals surface area contributed by atoms with Gasteiger partial charge in [-0.1, -0.05) is 6.07 Å². The summed E-state index contributed by atoms with van der Waals surface area (Å²) in [4.78, 5) is 11.2. The molecule has 1 fully saturated rings. The number of guanidine groups is 1. The zero-order valence-corrected chi connectivity index (χ0v) is 14.5. The maximum absolute atomic E-state index is 5.35. The van der Waals surface area contributed by atoms with Crippen molar-refractivity contribution in [2.45, 2.75) is 19.5 Å². The van der Waals surface area contributed by atoms with Gasteiger partial charge >= 0.3 is 0 Å². The first kappa shape index (κ1) is 16.3. The molecular formula is C14H22IN5O. The summed E-state index contributed by atoms with van der Waals surface area (Å²) < 4.78 is 5.35. The molecule has 1 aromatic rings. The molecule has 1 aromatic heterocycles. The van der Waals surface area contributed by atoms with E-state index in [4.69, 9.17) is 4.74 Å². The van der Waals surface area contributed by atoms with Crippen LogP contribution in [0.5, 0.6) is 0 Å². The number of hydrogen-bond acceptors (Lipinski definition) is 6. The van der Waals surface area contributed by atoms with Crippen molar-refractivity contribution in [3.05, 3.63) is 23.9 Å². The molecule has 0 amide bonds. The lowest BCUT2D eigenvalue weighted by Crippen LogP contribution is -2.37. The topological polar surface area (TPSA) is 61.8 Å². The number of anilines is 1. The van der Waals surface area contributed by atoms with Gasteiger partial charge in [-0.2, -0.15) is 0 Å². The lowest BCUT2D eigenvalue weighted by atomic mass is 10.2. The Balaban J connectivity index is 0.00000161.